The molecule has 0 aliphatic heterocycles. The zero-order valence-corrected chi connectivity index (χ0v) is 8.26. The van der Waals surface area contributed by atoms with Crippen LogP contribution < -0.4 is 5.56 Å². The van der Waals surface area contributed by atoms with Crippen LogP contribution in [0, 0.1) is 6.92 Å². The molecule has 1 N–H and O–H groups in total. The molecule has 0 aliphatic carbocycles. The normalized spacial score (nSPS) is 11.5. The van der Waals surface area contributed by atoms with Crippen LogP contribution in [0.4, 0.5) is 0 Å². The molecule has 0 unspecified atom stereocenters. The minimum Gasteiger partial charge on any atom is -0.317 e. The maximum Gasteiger partial charge on any atom is 0.292 e. The molecule has 5 heteroatoms. The molecular formula is C9H7N3OS. The summed E-state index contributed by atoms with van der Waals surface area (Å²) >= 11 is 1.60. The Morgan fingerprint density at radius 3 is 3.29 bits per heavy atom. The van der Waals surface area contributed by atoms with Gasteiger partial charge >= 0.3 is 0 Å². The number of aromatic nitrogens is 3. The standard InChI is InChI=1S/C9H7N3OS/c1-5-4-10-7-8(13)11-6-2-3-14-9(6)12(5)7/h2-4H,1H3,(H,11,13). The average molecular weight is 205 g/mol. The molecular weight excluding hydrogens is 198 g/mol. The van der Waals surface area contributed by atoms with Crippen LogP contribution in [0.1, 0.15) is 5.69 Å². The zero-order valence-electron chi connectivity index (χ0n) is 7.44. The lowest BCUT2D eigenvalue weighted by molar-refractivity contribution is 1.13. The minimum atomic E-state index is -0.135. The van der Waals surface area contributed by atoms with E-state index in [1.807, 2.05) is 22.8 Å². The predicted octanol–water partition coefficient (Wildman–Crippen LogP) is 1.55. The zero-order chi connectivity index (χ0) is 9.71. The SMILES string of the molecule is Cc1cnc2c(=O)[nH]c3ccsc3n12. The number of hydrogen-bond donors (Lipinski definition) is 1. The summed E-state index contributed by atoms with van der Waals surface area (Å²) in [4.78, 5) is 19.5. The summed E-state index contributed by atoms with van der Waals surface area (Å²) < 4.78 is 1.89. The Bertz CT molecular complexity index is 676. The van der Waals surface area contributed by atoms with Gasteiger partial charge in [0, 0.05) is 11.9 Å². The molecule has 0 saturated heterocycles. The van der Waals surface area contributed by atoms with E-state index < -0.39 is 0 Å². The molecule has 0 atom stereocenters. The molecule has 0 spiro atoms. The predicted molar refractivity (Wildman–Crippen MR) is 55.9 cm³/mol. The molecule has 0 aliphatic rings. The molecule has 0 radical (unpaired) electrons. The summed E-state index contributed by atoms with van der Waals surface area (Å²) in [6.07, 6.45) is 1.71. The van der Waals surface area contributed by atoms with Crippen LogP contribution in [-0.2, 0) is 0 Å². The highest BCUT2D eigenvalue weighted by atomic mass is 32.1. The molecule has 3 aromatic rings. The molecule has 3 rings (SSSR count). The Morgan fingerprint density at radius 2 is 2.43 bits per heavy atom. The smallest absolute Gasteiger partial charge is 0.292 e. The van der Waals surface area contributed by atoms with E-state index in [-0.39, 0.29) is 5.56 Å². The Hall–Kier alpha value is -1.62. The second kappa shape index (κ2) is 2.45. The van der Waals surface area contributed by atoms with Gasteiger partial charge in [0.15, 0.2) is 0 Å². The lowest BCUT2D eigenvalue weighted by Crippen LogP contribution is -2.09. The monoisotopic (exact) mass is 205 g/mol. The number of rotatable bonds is 0. The van der Waals surface area contributed by atoms with Crippen LogP contribution in [0.2, 0.25) is 0 Å². The van der Waals surface area contributed by atoms with Crippen LogP contribution >= 0.6 is 11.3 Å². The quantitative estimate of drug-likeness (QED) is 0.605. The lowest BCUT2D eigenvalue weighted by atomic mass is 10.5. The topological polar surface area (TPSA) is 50.2 Å². The summed E-state index contributed by atoms with van der Waals surface area (Å²) in [5.74, 6) is 0. The molecule has 0 fully saturated rings. The van der Waals surface area contributed by atoms with E-state index in [9.17, 15) is 4.79 Å². The van der Waals surface area contributed by atoms with Crippen molar-refractivity contribution in [2.24, 2.45) is 0 Å². The van der Waals surface area contributed by atoms with E-state index in [4.69, 9.17) is 0 Å². The number of aromatic amines is 1. The van der Waals surface area contributed by atoms with Crippen LogP contribution in [-0.4, -0.2) is 14.4 Å². The first-order chi connectivity index (χ1) is 6.77. The van der Waals surface area contributed by atoms with Crippen LogP contribution in [0.3, 0.4) is 0 Å². The molecule has 14 heavy (non-hydrogen) atoms. The maximum absolute atomic E-state index is 11.6. The fourth-order valence-electron chi connectivity index (χ4n) is 1.60. The van der Waals surface area contributed by atoms with Gasteiger partial charge in [0.05, 0.1) is 5.52 Å². The van der Waals surface area contributed by atoms with E-state index in [0.29, 0.717) is 5.65 Å². The van der Waals surface area contributed by atoms with E-state index in [1.54, 1.807) is 17.5 Å². The maximum atomic E-state index is 11.6. The molecule has 0 bridgehead atoms. The van der Waals surface area contributed by atoms with Crippen molar-refractivity contribution < 1.29 is 0 Å². The van der Waals surface area contributed by atoms with Crippen LogP contribution in [0.25, 0.3) is 16.0 Å². The van der Waals surface area contributed by atoms with Crippen molar-refractivity contribution in [3.8, 4) is 0 Å². The van der Waals surface area contributed by atoms with Crippen molar-refractivity contribution in [3.63, 3.8) is 0 Å². The lowest BCUT2D eigenvalue weighted by Gasteiger charge is -1.97. The van der Waals surface area contributed by atoms with Crippen LogP contribution in [0.5, 0.6) is 0 Å². The summed E-state index contributed by atoms with van der Waals surface area (Å²) in [6, 6.07) is 1.90. The summed E-state index contributed by atoms with van der Waals surface area (Å²) in [5.41, 5.74) is 2.19. The van der Waals surface area contributed by atoms with Gasteiger partial charge in [-0.25, -0.2) is 4.98 Å². The third-order valence-electron chi connectivity index (χ3n) is 2.24. The fraction of sp³-hybridized carbons (Fsp3) is 0.111. The number of thiophene rings is 1. The Kier molecular flexibility index (Phi) is 1.36. The number of hydrogen-bond acceptors (Lipinski definition) is 3. The van der Waals surface area contributed by atoms with Gasteiger partial charge in [0.2, 0.25) is 5.65 Å². The fourth-order valence-corrected chi connectivity index (χ4v) is 2.52. The highest BCUT2D eigenvalue weighted by Gasteiger charge is 2.08. The first-order valence-electron chi connectivity index (χ1n) is 4.21. The second-order valence-electron chi connectivity index (χ2n) is 3.15. The molecule has 3 heterocycles. The summed E-state index contributed by atoms with van der Waals surface area (Å²) in [5, 5.41) is 1.96. The molecule has 0 saturated carbocycles. The van der Waals surface area contributed by atoms with Gasteiger partial charge in [0.25, 0.3) is 5.56 Å². The van der Waals surface area contributed by atoms with Gasteiger partial charge in [-0.1, -0.05) is 0 Å². The van der Waals surface area contributed by atoms with E-state index in [0.717, 1.165) is 16.0 Å². The largest absolute Gasteiger partial charge is 0.317 e. The van der Waals surface area contributed by atoms with Crippen molar-refractivity contribution >= 4 is 27.3 Å². The first-order valence-corrected chi connectivity index (χ1v) is 5.09. The Labute approximate surface area is 82.8 Å². The van der Waals surface area contributed by atoms with E-state index >= 15 is 0 Å². The highest BCUT2D eigenvalue weighted by Crippen LogP contribution is 2.19. The molecule has 70 valence electrons. The second-order valence-corrected chi connectivity index (χ2v) is 4.05. The van der Waals surface area contributed by atoms with Crippen molar-refractivity contribution in [1.29, 1.82) is 0 Å². The number of imidazole rings is 1. The highest BCUT2D eigenvalue weighted by molar-refractivity contribution is 7.16. The van der Waals surface area contributed by atoms with Gasteiger partial charge in [0.1, 0.15) is 4.83 Å². The first kappa shape index (κ1) is 7.75. The number of nitrogens with zero attached hydrogens (tertiary/aromatic N) is 2. The van der Waals surface area contributed by atoms with Crippen molar-refractivity contribution in [1.82, 2.24) is 14.4 Å². The van der Waals surface area contributed by atoms with Crippen molar-refractivity contribution in [2.75, 3.05) is 0 Å². The Balaban J connectivity index is 2.78. The van der Waals surface area contributed by atoms with Gasteiger partial charge in [-0.15, -0.1) is 11.3 Å². The van der Waals surface area contributed by atoms with Gasteiger partial charge in [-0.2, -0.15) is 0 Å². The number of nitrogens with one attached hydrogen (secondary N) is 1. The summed E-state index contributed by atoms with van der Waals surface area (Å²) in [6.45, 7) is 1.94. The van der Waals surface area contributed by atoms with Gasteiger partial charge in [-0.3, -0.25) is 9.20 Å². The molecule has 4 nitrogen and oxygen atoms in total. The van der Waals surface area contributed by atoms with Gasteiger partial charge < -0.3 is 4.98 Å². The van der Waals surface area contributed by atoms with Crippen molar-refractivity contribution in [2.45, 2.75) is 6.92 Å². The molecule has 3 aromatic heterocycles. The van der Waals surface area contributed by atoms with E-state index in [1.165, 1.54) is 0 Å². The Morgan fingerprint density at radius 1 is 1.57 bits per heavy atom. The third-order valence-corrected chi connectivity index (χ3v) is 3.14. The number of H-pyrrole nitrogens is 1. The summed E-state index contributed by atoms with van der Waals surface area (Å²) in [7, 11) is 0. The van der Waals surface area contributed by atoms with Crippen LogP contribution in [0.15, 0.2) is 22.4 Å². The van der Waals surface area contributed by atoms with E-state index in [2.05, 4.69) is 9.97 Å². The molecule has 0 amide bonds. The number of aryl methyl sites for hydroxylation is 1. The third kappa shape index (κ3) is 0.820. The molecule has 0 aromatic carbocycles. The number of fused-ring (bicyclic) bond motifs is 3. The average Bonchev–Trinajstić information content (AvgIpc) is 2.71. The minimum absolute atomic E-state index is 0.135. The van der Waals surface area contributed by atoms with Gasteiger partial charge in [-0.05, 0) is 18.4 Å². The van der Waals surface area contributed by atoms with Crippen molar-refractivity contribution in [3.05, 3.63) is 33.7 Å².